The maximum absolute atomic E-state index is 12.1. The Kier molecular flexibility index (Phi) is 6.23. The van der Waals surface area contributed by atoms with Crippen LogP contribution in [0.25, 0.3) is 0 Å². The Hall–Kier alpha value is -2.68. The van der Waals surface area contributed by atoms with Gasteiger partial charge in [-0.25, -0.2) is 4.79 Å². The summed E-state index contributed by atoms with van der Waals surface area (Å²) in [5, 5.41) is 14.2. The minimum Gasteiger partial charge on any atom is -0.445 e. The van der Waals surface area contributed by atoms with Crippen LogP contribution < -0.4 is 10.2 Å². The zero-order valence-corrected chi connectivity index (χ0v) is 16.1. The van der Waals surface area contributed by atoms with E-state index in [0.717, 1.165) is 18.4 Å². The monoisotopic (exact) mass is 434 g/mol. The first-order valence-corrected chi connectivity index (χ1v) is 9.34. The molecule has 0 saturated carbocycles. The fourth-order valence-electron chi connectivity index (χ4n) is 3.09. The largest absolute Gasteiger partial charge is 0.445 e. The van der Waals surface area contributed by atoms with Crippen molar-refractivity contribution >= 4 is 33.4 Å². The summed E-state index contributed by atoms with van der Waals surface area (Å²) >= 11 is 3.35. The Labute approximate surface area is 164 Å². The number of carbonyl (C=O) groups excluding carboxylic acids is 1. The molecule has 1 atom stereocenters. The summed E-state index contributed by atoms with van der Waals surface area (Å²) in [4.78, 5) is 28.7. The Morgan fingerprint density at radius 2 is 2.15 bits per heavy atom. The molecule has 1 N–H and O–H groups in total. The minimum absolute atomic E-state index is 0.0586. The van der Waals surface area contributed by atoms with Crippen molar-refractivity contribution in [3.63, 3.8) is 0 Å². The number of anilines is 1. The molecule has 1 aliphatic heterocycles. The highest BCUT2D eigenvalue weighted by atomic mass is 79.9. The number of hydrogen-bond donors (Lipinski definition) is 1. The van der Waals surface area contributed by atoms with Gasteiger partial charge >= 0.3 is 11.8 Å². The second kappa shape index (κ2) is 8.81. The standard InChI is InChI=1S/C18H19BrN4O4/c19-15-9-20-10-16(23(25)26)17(15)22-8-4-7-14(11-22)21-18(24)27-12-13-5-2-1-3-6-13/h1-3,5-6,9-10,14H,4,7-8,11-12H2,(H,21,24)/t14-/m0/s1. The number of hydrogen-bond acceptors (Lipinski definition) is 6. The number of benzene rings is 1. The van der Waals surface area contributed by atoms with Crippen LogP contribution in [0.4, 0.5) is 16.2 Å². The van der Waals surface area contributed by atoms with Gasteiger partial charge in [-0.2, -0.15) is 0 Å². The summed E-state index contributed by atoms with van der Waals surface area (Å²) in [7, 11) is 0. The maximum Gasteiger partial charge on any atom is 0.407 e. The molecular weight excluding hydrogens is 416 g/mol. The van der Waals surface area contributed by atoms with Gasteiger partial charge in [0, 0.05) is 25.3 Å². The van der Waals surface area contributed by atoms with E-state index in [-0.39, 0.29) is 18.3 Å². The van der Waals surface area contributed by atoms with Gasteiger partial charge in [0.25, 0.3) is 0 Å². The zero-order valence-electron chi connectivity index (χ0n) is 14.5. The molecule has 1 fully saturated rings. The van der Waals surface area contributed by atoms with Crippen LogP contribution in [0.3, 0.4) is 0 Å². The third kappa shape index (κ3) is 4.94. The van der Waals surface area contributed by atoms with Crippen molar-refractivity contribution in [3.8, 4) is 0 Å². The number of ether oxygens (including phenoxy) is 1. The lowest BCUT2D eigenvalue weighted by atomic mass is 10.1. The fraction of sp³-hybridized carbons (Fsp3) is 0.333. The van der Waals surface area contributed by atoms with Crippen molar-refractivity contribution < 1.29 is 14.5 Å². The van der Waals surface area contributed by atoms with Crippen LogP contribution in [0, 0.1) is 10.1 Å². The number of alkyl carbamates (subject to hydrolysis) is 1. The van der Waals surface area contributed by atoms with Crippen LogP contribution in [0.1, 0.15) is 18.4 Å². The second-order valence-electron chi connectivity index (χ2n) is 6.24. The molecule has 142 valence electrons. The van der Waals surface area contributed by atoms with E-state index in [1.807, 2.05) is 35.2 Å². The number of piperidine rings is 1. The van der Waals surface area contributed by atoms with Gasteiger partial charge in [0.1, 0.15) is 18.5 Å². The molecule has 0 radical (unpaired) electrons. The van der Waals surface area contributed by atoms with Gasteiger partial charge in [-0.1, -0.05) is 30.3 Å². The number of rotatable bonds is 5. The number of pyridine rings is 1. The first kappa shape index (κ1) is 19.1. The number of nitrogens with zero attached hydrogens (tertiary/aromatic N) is 3. The maximum atomic E-state index is 12.1. The highest BCUT2D eigenvalue weighted by Gasteiger charge is 2.28. The van der Waals surface area contributed by atoms with Gasteiger partial charge in [-0.3, -0.25) is 15.1 Å². The van der Waals surface area contributed by atoms with Gasteiger partial charge in [0.15, 0.2) is 0 Å². The van der Waals surface area contributed by atoms with Gasteiger partial charge in [0.05, 0.1) is 9.40 Å². The highest BCUT2D eigenvalue weighted by molar-refractivity contribution is 9.10. The van der Waals surface area contributed by atoms with Crippen molar-refractivity contribution in [2.75, 3.05) is 18.0 Å². The molecule has 2 aromatic rings. The Morgan fingerprint density at radius 1 is 1.37 bits per heavy atom. The number of nitro groups is 1. The molecule has 0 unspecified atom stereocenters. The van der Waals surface area contributed by atoms with E-state index in [4.69, 9.17) is 4.74 Å². The zero-order chi connectivity index (χ0) is 19.2. The Bertz CT molecular complexity index is 818. The number of nitrogens with one attached hydrogen (secondary N) is 1. The van der Waals surface area contributed by atoms with Crippen molar-refractivity contribution in [1.29, 1.82) is 0 Å². The third-order valence-corrected chi connectivity index (χ3v) is 4.90. The van der Waals surface area contributed by atoms with E-state index >= 15 is 0 Å². The molecule has 1 saturated heterocycles. The normalized spacial score (nSPS) is 16.6. The predicted molar refractivity (Wildman–Crippen MR) is 104 cm³/mol. The number of amides is 1. The summed E-state index contributed by atoms with van der Waals surface area (Å²) in [6.45, 7) is 1.33. The van der Waals surface area contributed by atoms with Crippen LogP contribution in [0.5, 0.6) is 0 Å². The van der Waals surface area contributed by atoms with Crippen LogP contribution >= 0.6 is 15.9 Å². The van der Waals surface area contributed by atoms with Crippen molar-refractivity contribution in [2.24, 2.45) is 0 Å². The lowest BCUT2D eigenvalue weighted by Crippen LogP contribution is -2.48. The molecule has 0 aliphatic carbocycles. The van der Waals surface area contributed by atoms with Crippen molar-refractivity contribution in [3.05, 3.63) is 62.9 Å². The summed E-state index contributed by atoms with van der Waals surface area (Å²) in [5.41, 5.74) is 1.34. The average molecular weight is 435 g/mol. The molecule has 0 spiro atoms. The van der Waals surface area contributed by atoms with Crippen molar-refractivity contribution in [1.82, 2.24) is 10.3 Å². The summed E-state index contributed by atoms with van der Waals surface area (Å²) in [5.74, 6) is 0. The molecule has 1 aromatic carbocycles. The van der Waals surface area contributed by atoms with Crippen molar-refractivity contribution in [2.45, 2.75) is 25.5 Å². The summed E-state index contributed by atoms with van der Waals surface area (Å²) in [6, 6.07) is 9.29. The quantitative estimate of drug-likeness (QED) is 0.569. The first-order chi connectivity index (χ1) is 13.0. The van der Waals surface area contributed by atoms with Gasteiger partial charge in [-0.05, 0) is 34.3 Å². The first-order valence-electron chi connectivity index (χ1n) is 8.54. The molecular formula is C18H19BrN4O4. The molecule has 1 aromatic heterocycles. The Morgan fingerprint density at radius 3 is 2.89 bits per heavy atom. The highest BCUT2D eigenvalue weighted by Crippen LogP contribution is 2.36. The van der Waals surface area contributed by atoms with Crippen LogP contribution in [-0.2, 0) is 11.3 Å². The molecule has 1 aliphatic rings. The van der Waals surface area contributed by atoms with E-state index in [1.54, 1.807) is 0 Å². The van der Waals surface area contributed by atoms with E-state index in [0.29, 0.717) is 23.2 Å². The van der Waals surface area contributed by atoms with E-state index in [9.17, 15) is 14.9 Å². The number of halogens is 1. The van der Waals surface area contributed by atoms with Crippen LogP contribution in [0.2, 0.25) is 0 Å². The smallest absolute Gasteiger partial charge is 0.407 e. The van der Waals surface area contributed by atoms with Crippen LogP contribution in [-0.4, -0.2) is 35.1 Å². The summed E-state index contributed by atoms with van der Waals surface area (Å²) in [6.07, 6.45) is 3.87. The van der Waals surface area contributed by atoms with E-state index in [1.165, 1.54) is 12.4 Å². The molecule has 27 heavy (non-hydrogen) atoms. The topological polar surface area (TPSA) is 97.6 Å². The number of aromatic nitrogens is 1. The lowest BCUT2D eigenvalue weighted by Gasteiger charge is -2.34. The van der Waals surface area contributed by atoms with E-state index < -0.39 is 11.0 Å². The molecule has 3 rings (SSSR count). The van der Waals surface area contributed by atoms with E-state index in [2.05, 4.69) is 26.2 Å². The molecule has 9 heteroatoms. The predicted octanol–water partition coefficient (Wildman–Crippen LogP) is 3.65. The molecule has 8 nitrogen and oxygen atoms in total. The Balaban J connectivity index is 1.61. The molecule has 1 amide bonds. The summed E-state index contributed by atoms with van der Waals surface area (Å²) < 4.78 is 5.82. The SMILES string of the molecule is O=C(N[C@H]1CCCN(c2c(Br)cncc2[N+](=O)[O-])C1)OCc1ccccc1. The average Bonchev–Trinajstić information content (AvgIpc) is 2.67. The molecule has 0 bridgehead atoms. The van der Waals surface area contributed by atoms with Crippen LogP contribution in [0.15, 0.2) is 47.2 Å². The van der Waals surface area contributed by atoms with Gasteiger partial charge in [-0.15, -0.1) is 0 Å². The second-order valence-corrected chi connectivity index (χ2v) is 7.09. The third-order valence-electron chi connectivity index (χ3n) is 4.32. The lowest BCUT2D eigenvalue weighted by molar-refractivity contribution is -0.384. The van der Waals surface area contributed by atoms with Gasteiger partial charge < -0.3 is 15.0 Å². The minimum atomic E-state index is -0.492. The van der Waals surface area contributed by atoms with Gasteiger partial charge in [0.2, 0.25) is 0 Å². The fourth-order valence-corrected chi connectivity index (χ4v) is 3.67. The molecule has 2 heterocycles. The number of carbonyl (C=O) groups is 1.